The summed E-state index contributed by atoms with van der Waals surface area (Å²) < 4.78 is 0.963. The number of rotatable bonds is 6. The van der Waals surface area contributed by atoms with Gasteiger partial charge in [0.05, 0.1) is 16.8 Å². The van der Waals surface area contributed by atoms with E-state index in [0.29, 0.717) is 5.56 Å². The number of aromatic nitrogens is 1. The lowest BCUT2D eigenvalue weighted by atomic mass is 10.1. The Balaban J connectivity index is 1.63. The Morgan fingerprint density at radius 3 is 2.79 bits per heavy atom. The molecule has 0 saturated carbocycles. The van der Waals surface area contributed by atoms with Crippen molar-refractivity contribution in [2.45, 2.75) is 26.2 Å². The maximum Gasteiger partial charge on any atom is 0.163 e. The summed E-state index contributed by atoms with van der Waals surface area (Å²) in [6, 6.07) is 14.4. The van der Waals surface area contributed by atoms with Crippen LogP contribution in [0.4, 0.5) is 11.4 Å². The number of nitrogens with one attached hydrogen (secondary N) is 1. The van der Waals surface area contributed by atoms with Gasteiger partial charge in [-0.05, 0) is 75.2 Å². The van der Waals surface area contributed by atoms with Gasteiger partial charge in [0.25, 0.3) is 0 Å². The Morgan fingerprint density at radius 1 is 1.18 bits per heavy atom. The number of hydrogen-bond donors (Lipinski definition) is 1. The van der Waals surface area contributed by atoms with Crippen LogP contribution in [0.3, 0.4) is 0 Å². The molecule has 0 amide bonds. The molecule has 1 aliphatic rings. The molecule has 1 fully saturated rings. The van der Waals surface area contributed by atoms with E-state index in [9.17, 15) is 4.79 Å². The van der Waals surface area contributed by atoms with Crippen molar-refractivity contribution in [2.24, 2.45) is 0 Å². The zero-order valence-electron chi connectivity index (χ0n) is 16.0. The Hall–Kier alpha value is -2.24. The van der Waals surface area contributed by atoms with Crippen molar-refractivity contribution < 1.29 is 4.79 Å². The van der Waals surface area contributed by atoms with E-state index in [1.165, 1.54) is 31.5 Å². The molecule has 0 aliphatic carbocycles. The fourth-order valence-corrected chi connectivity index (χ4v) is 4.17. The summed E-state index contributed by atoms with van der Waals surface area (Å²) in [4.78, 5) is 19.2. The number of anilines is 2. The molecule has 0 radical (unpaired) electrons. The van der Waals surface area contributed by atoms with E-state index in [4.69, 9.17) is 0 Å². The van der Waals surface area contributed by atoms with Gasteiger partial charge in [0.1, 0.15) is 0 Å². The highest BCUT2D eigenvalue weighted by molar-refractivity contribution is 9.10. The molecule has 0 bridgehead atoms. The Labute approximate surface area is 174 Å². The second-order valence-electron chi connectivity index (χ2n) is 7.39. The number of likely N-dealkylation sites (tertiary alicyclic amines) is 1. The first kappa shape index (κ1) is 19.1. The SMILES string of the molecule is CC(=O)c1cnc2ccc(Br)cc2c1Nc1cccc(CCN2CCCC2)c1. The van der Waals surface area contributed by atoms with Crippen molar-refractivity contribution >= 4 is 44.0 Å². The molecule has 4 nitrogen and oxygen atoms in total. The third-order valence-corrected chi connectivity index (χ3v) is 5.81. The number of carbonyl (C=O) groups is 1. The van der Waals surface area contributed by atoms with Crippen LogP contribution in [0.15, 0.2) is 53.1 Å². The first-order chi connectivity index (χ1) is 13.6. The van der Waals surface area contributed by atoms with Crippen LogP contribution in [0.25, 0.3) is 10.9 Å². The fourth-order valence-electron chi connectivity index (χ4n) is 3.81. The van der Waals surface area contributed by atoms with Crippen LogP contribution in [-0.4, -0.2) is 35.3 Å². The number of nitrogens with zero attached hydrogens (tertiary/aromatic N) is 2. The third kappa shape index (κ3) is 4.26. The highest BCUT2D eigenvalue weighted by Gasteiger charge is 2.14. The molecule has 1 N–H and O–H groups in total. The van der Waals surface area contributed by atoms with Gasteiger partial charge in [-0.15, -0.1) is 0 Å². The molecule has 2 heterocycles. The molecule has 3 aromatic rings. The van der Waals surface area contributed by atoms with Crippen LogP contribution in [0.1, 0.15) is 35.7 Å². The summed E-state index contributed by atoms with van der Waals surface area (Å²) >= 11 is 3.53. The van der Waals surface area contributed by atoms with Crippen LogP contribution in [-0.2, 0) is 6.42 Å². The van der Waals surface area contributed by atoms with Gasteiger partial charge >= 0.3 is 0 Å². The van der Waals surface area contributed by atoms with E-state index in [0.717, 1.165) is 39.7 Å². The van der Waals surface area contributed by atoms with E-state index >= 15 is 0 Å². The van der Waals surface area contributed by atoms with E-state index in [1.807, 2.05) is 24.3 Å². The Kier molecular flexibility index (Phi) is 5.74. The van der Waals surface area contributed by atoms with Gasteiger partial charge in [-0.3, -0.25) is 9.78 Å². The van der Waals surface area contributed by atoms with Crippen LogP contribution < -0.4 is 5.32 Å². The normalized spacial score (nSPS) is 14.5. The Bertz CT molecular complexity index is 1010. The minimum Gasteiger partial charge on any atom is -0.354 e. The van der Waals surface area contributed by atoms with Crippen molar-refractivity contribution in [2.75, 3.05) is 25.0 Å². The number of benzene rings is 2. The van der Waals surface area contributed by atoms with Gasteiger partial charge in [0.2, 0.25) is 0 Å². The summed E-state index contributed by atoms with van der Waals surface area (Å²) in [6.07, 6.45) is 5.34. The van der Waals surface area contributed by atoms with Crippen LogP contribution in [0.2, 0.25) is 0 Å². The van der Waals surface area contributed by atoms with Crippen molar-refractivity contribution in [1.29, 1.82) is 0 Å². The average molecular weight is 438 g/mol. The fraction of sp³-hybridized carbons (Fsp3) is 0.304. The van der Waals surface area contributed by atoms with Crippen LogP contribution >= 0.6 is 15.9 Å². The van der Waals surface area contributed by atoms with Gasteiger partial charge < -0.3 is 10.2 Å². The highest BCUT2D eigenvalue weighted by Crippen LogP contribution is 2.31. The molecule has 1 aliphatic heterocycles. The third-order valence-electron chi connectivity index (χ3n) is 5.32. The first-order valence-electron chi connectivity index (χ1n) is 9.78. The molecule has 2 aromatic carbocycles. The lowest BCUT2D eigenvalue weighted by Gasteiger charge is -2.16. The first-order valence-corrected chi connectivity index (χ1v) is 10.6. The maximum absolute atomic E-state index is 12.2. The standard InChI is InChI=1S/C23H24BrN3O/c1-16(28)21-15-25-22-8-7-18(24)14-20(22)23(21)26-19-6-4-5-17(13-19)9-12-27-10-2-3-11-27/h4-8,13-15H,2-3,9-12H2,1H3,(H,25,26). The zero-order valence-corrected chi connectivity index (χ0v) is 17.6. The van der Waals surface area contributed by atoms with Gasteiger partial charge in [-0.25, -0.2) is 0 Å². The summed E-state index contributed by atoms with van der Waals surface area (Å²) in [6.45, 7) is 5.13. The molecule has 0 unspecified atom stereocenters. The van der Waals surface area contributed by atoms with Crippen molar-refractivity contribution in [1.82, 2.24) is 9.88 Å². The highest BCUT2D eigenvalue weighted by atomic mass is 79.9. The molecule has 144 valence electrons. The van der Waals surface area contributed by atoms with Gasteiger partial charge in [0, 0.05) is 28.3 Å². The molecule has 1 saturated heterocycles. The maximum atomic E-state index is 12.2. The van der Waals surface area contributed by atoms with E-state index in [1.54, 1.807) is 13.1 Å². The summed E-state index contributed by atoms with van der Waals surface area (Å²) in [5.74, 6) is 0.00191. The van der Waals surface area contributed by atoms with E-state index in [-0.39, 0.29) is 5.78 Å². The molecular weight excluding hydrogens is 414 g/mol. The minimum absolute atomic E-state index is 0.00191. The minimum atomic E-state index is 0.00191. The second-order valence-corrected chi connectivity index (χ2v) is 8.30. The zero-order chi connectivity index (χ0) is 19.5. The van der Waals surface area contributed by atoms with Crippen LogP contribution in [0, 0.1) is 0 Å². The lowest BCUT2D eigenvalue weighted by molar-refractivity contribution is 0.101. The smallest absolute Gasteiger partial charge is 0.163 e. The largest absolute Gasteiger partial charge is 0.354 e. The number of halogens is 1. The molecule has 1 aromatic heterocycles. The average Bonchev–Trinajstić information content (AvgIpc) is 3.20. The molecule has 28 heavy (non-hydrogen) atoms. The molecule has 4 rings (SSSR count). The topological polar surface area (TPSA) is 45.2 Å². The summed E-state index contributed by atoms with van der Waals surface area (Å²) in [7, 11) is 0. The number of hydrogen-bond acceptors (Lipinski definition) is 4. The molecule has 0 spiro atoms. The van der Waals surface area contributed by atoms with Crippen molar-refractivity contribution in [3.05, 3.63) is 64.3 Å². The number of Topliss-reactive ketones (excluding diaryl/α,β-unsaturated/α-hetero) is 1. The molecule has 0 atom stereocenters. The number of pyridine rings is 1. The lowest BCUT2D eigenvalue weighted by Crippen LogP contribution is -2.21. The predicted octanol–water partition coefficient (Wildman–Crippen LogP) is 5.58. The molecular formula is C23H24BrN3O. The van der Waals surface area contributed by atoms with Crippen molar-refractivity contribution in [3.8, 4) is 0 Å². The predicted molar refractivity (Wildman–Crippen MR) is 119 cm³/mol. The number of fused-ring (bicyclic) bond motifs is 1. The monoisotopic (exact) mass is 437 g/mol. The van der Waals surface area contributed by atoms with E-state index < -0.39 is 0 Å². The second kappa shape index (κ2) is 8.41. The van der Waals surface area contributed by atoms with Gasteiger partial charge in [-0.1, -0.05) is 28.1 Å². The van der Waals surface area contributed by atoms with Crippen molar-refractivity contribution in [3.63, 3.8) is 0 Å². The summed E-state index contributed by atoms with van der Waals surface area (Å²) in [5.41, 5.74) is 4.58. The van der Waals surface area contributed by atoms with E-state index in [2.05, 4.69) is 49.3 Å². The van der Waals surface area contributed by atoms with Crippen LogP contribution in [0.5, 0.6) is 0 Å². The van der Waals surface area contributed by atoms with Gasteiger partial charge in [0.15, 0.2) is 5.78 Å². The number of ketones is 1. The number of carbonyl (C=O) groups excluding carboxylic acids is 1. The Morgan fingerprint density at radius 2 is 2.00 bits per heavy atom. The quantitative estimate of drug-likeness (QED) is 0.511. The van der Waals surface area contributed by atoms with Gasteiger partial charge in [-0.2, -0.15) is 0 Å². The summed E-state index contributed by atoms with van der Waals surface area (Å²) in [5, 5.41) is 4.43. The molecule has 5 heteroatoms.